The highest BCUT2D eigenvalue weighted by Gasteiger charge is 2.12. The average molecular weight is 216 g/mol. The van der Waals surface area contributed by atoms with Crippen LogP contribution < -0.4 is 4.90 Å². The van der Waals surface area contributed by atoms with Gasteiger partial charge in [0.15, 0.2) is 0 Å². The fourth-order valence-corrected chi connectivity index (χ4v) is 1.89. The van der Waals surface area contributed by atoms with Crippen LogP contribution in [0, 0.1) is 11.3 Å². The van der Waals surface area contributed by atoms with E-state index in [2.05, 4.69) is 23.1 Å². The Morgan fingerprint density at radius 3 is 2.81 bits per heavy atom. The van der Waals surface area contributed by atoms with Gasteiger partial charge in [-0.1, -0.05) is 12.1 Å². The van der Waals surface area contributed by atoms with E-state index in [1.807, 2.05) is 19.1 Å². The van der Waals surface area contributed by atoms with E-state index in [-0.39, 0.29) is 5.92 Å². The third-order valence-corrected chi connectivity index (χ3v) is 2.94. The number of anilines is 1. The van der Waals surface area contributed by atoms with Crippen molar-refractivity contribution in [2.45, 2.75) is 12.8 Å². The maximum absolute atomic E-state index is 8.91. The molecule has 1 unspecified atom stereocenters. The van der Waals surface area contributed by atoms with Gasteiger partial charge in [0.05, 0.1) is 25.2 Å². The van der Waals surface area contributed by atoms with Gasteiger partial charge in [0.2, 0.25) is 0 Å². The predicted molar refractivity (Wildman–Crippen MR) is 63.5 cm³/mol. The molecule has 1 aromatic carbocycles. The molecule has 16 heavy (non-hydrogen) atoms. The lowest BCUT2D eigenvalue weighted by Crippen LogP contribution is -2.36. The lowest BCUT2D eigenvalue weighted by atomic mass is 10.0. The number of nitrogens with zero attached hydrogens (tertiary/aromatic N) is 2. The summed E-state index contributed by atoms with van der Waals surface area (Å²) in [4.78, 5) is 2.30. The van der Waals surface area contributed by atoms with Crippen molar-refractivity contribution in [3.05, 3.63) is 29.8 Å². The number of hydrogen-bond donors (Lipinski definition) is 0. The second kappa shape index (κ2) is 5.00. The average Bonchev–Trinajstić information content (AvgIpc) is 2.39. The molecule has 2 rings (SSSR count). The van der Waals surface area contributed by atoms with Crippen molar-refractivity contribution in [2.24, 2.45) is 0 Å². The normalized spacial score (nSPS) is 17.9. The summed E-state index contributed by atoms with van der Waals surface area (Å²) < 4.78 is 5.33. The quantitative estimate of drug-likeness (QED) is 0.760. The zero-order chi connectivity index (χ0) is 11.4. The number of ether oxygens (including phenoxy) is 1. The van der Waals surface area contributed by atoms with Gasteiger partial charge < -0.3 is 9.64 Å². The summed E-state index contributed by atoms with van der Waals surface area (Å²) in [6.45, 7) is 5.38. The van der Waals surface area contributed by atoms with E-state index in [4.69, 9.17) is 10.00 Å². The lowest BCUT2D eigenvalue weighted by Gasteiger charge is -2.29. The standard InChI is InChI=1S/C13H16N2O/c1-11(10-14)12-3-2-4-13(9-12)15-5-7-16-8-6-15/h2-4,9,11H,5-8H2,1H3. The van der Waals surface area contributed by atoms with Gasteiger partial charge in [-0.2, -0.15) is 5.26 Å². The summed E-state index contributed by atoms with van der Waals surface area (Å²) >= 11 is 0. The van der Waals surface area contributed by atoms with Crippen molar-refractivity contribution in [1.82, 2.24) is 0 Å². The summed E-state index contributed by atoms with van der Waals surface area (Å²) in [5, 5.41) is 8.91. The van der Waals surface area contributed by atoms with Crippen molar-refractivity contribution in [1.29, 1.82) is 5.26 Å². The Morgan fingerprint density at radius 2 is 2.12 bits per heavy atom. The van der Waals surface area contributed by atoms with Crippen LogP contribution in [-0.2, 0) is 4.74 Å². The highest BCUT2D eigenvalue weighted by atomic mass is 16.5. The molecule has 0 aromatic heterocycles. The van der Waals surface area contributed by atoms with Gasteiger partial charge in [-0.3, -0.25) is 0 Å². The van der Waals surface area contributed by atoms with E-state index < -0.39 is 0 Å². The van der Waals surface area contributed by atoms with Gasteiger partial charge >= 0.3 is 0 Å². The lowest BCUT2D eigenvalue weighted by molar-refractivity contribution is 0.122. The number of rotatable bonds is 2. The summed E-state index contributed by atoms with van der Waals surface area (Å²) in [7, 11) is 0. The van der Waals surface area contributed by atoms with E-state index in [1.54, 1.807) is 0 Å². The minimum atomic E-state index is -0.0407. The smallest absolute Gasteiger partial charge is 0.0700 e. The SMILES string of the molecule is CC(C#N)c1cccc(N2CCOCC2)c1. The van der Waals surface area contributed by atoms with Gasteiger partial charge in [0, 0.05) is 18.8 Å². The monoisotopic (exact) mass is 216 g/mol. The molecule has 0 saturated carbocycles. The molecule has 1 heterocycles. The predicted octanol–water partition coefficient (Wildman–Crippen LogP) is 2.15. The van der Waals surface area contributed by atoms with Crippen molar-refractivity contribution in [3.8, 4) is 6.07 Å². The van der Waals surface area contributed by atoms with Crippen molar-refractivity contribution < 1.29 is 4.74 Å². The van der Waals surface area contributed by atoms with Crippen LogP contribution in [0.3, 0.4) is 0 Å². The van der Waals surface area contributed by atoms with E-state index in [0.717, 1.165) is 31.9 Å². The van der Waals surface area contributed by atoms with Crippen molar-refractivity contribution in [2.75, 3.05) is 31.2 Å². The molecular formula is C13H16N2O. The molecule has 3 nitrogen and oxygen atoms in total. The Kier molecular flexibility index (Phi) is 3.43. The Morgan fingerprint density at radius 1 is 1.38 bits per heavy atom. The van der Waals surface area contributed by atoms with E-state index in [9.17, 15) is 0 Å². The highest BCUT2D eigenvalue weighted by molar-refractivity contribution is 5.50. The van der Waals surface area contributed by atoms with Gasteiger partial charge in [0.1, 0.15) is 0 Å². The maximum atomic E-state index is 8.91. The molecule has 1 aromatic rings. The molecule has 1 fully saturated rings. The summed E-state index contributed by atoms with van der Waals surface area (Å²) in [6.07, 6.45) is 0. The first-order chi connectivity index (χ1) is 7.81. The van der Waals surface area contributed by atoms with Crippen LogP contribution in [0.2, 0.25) is 0 Å². The minimum Gasteiger partial charge on any atom is -0.378 e. The fourth-order valence-electron chi connectivity index (χ4n) is 1.89. The van der Waals surface area contributed by atoms with Crippen molar-refractivity contribution in [3.63, 3.8) is 0 Å². The van der Waals surface area contributed by atoms with Crippen LogP contribution in [0.25, 0.3) is 0 Å². The second-order valence-electron chi connectivity index (χ2n) is 4.05. The molecule has 1 aliphatic rings. The summed E-state index contributed by atoms with van der Waals surface area (Å²) in [5.41, 5.74) is 2.29. The first-order valence-corrected chi connectivity index (χ1v) is 5.63. The number of nitriles is 1. The molecule has 1 aliphatic heterocycles. The van der Waals surface area contributed by atoms with Crippen LogP contribution in [0.15, 0.2) is 24.3 Å². The largest absolute Gasteiger partial charge is 0.378 e. The first-order valence-electron chi connectivity index (χ1n) is 5.63. The van der Waals surface area contributed by atoms with Crippen molar-refractivity contribution >= 4 is 5.69 Å². The minimum absolute atomic E-state index is 0.0407. The van der Waals surface area contributed by atoms with Crippen LogP contribution in [0.5, 0.6) is 0 Å². The first kappa shape index (κ1) is 11.0. The number of hydrogen-bond acceptors (Lipinski definition) is 3. The van der Waals surface area contributed by atoms with E-state index in [0.29, 0.717) is 0 Å². The van der Waals surface area contributed by atoms with Crippen LogP contribution in [0.1, 0.15) is 18.4 Å². The van der Waals surface area contributed by atoms with Crippen LogP contribution >= 0.6 is 0 Å². The van der Waals surface area contributed by atoms with Gasteiger partial charge in [-0.15, -0.1) is 0 Å². The Bertz CT molecular complexity index is 391. The van der Waals surface area contributed by atoms with E-state index in [1.165, 1.54) is 5.69 Å². The topological polar surface area (TPSA) is 36.3 Å². The summed E-state index contributed by atoms with van der Waals surface area (Å²) in [5.74, 6) is -0.0407. The molecule has 0 spiro atoms. The molecule has 0 radical (unpaired) electrons. The molecule has 84 valence electrons. The number of benzene rings is 1. The third kappa shape index (κ3) is 2.34. The Hall–Kier alpha value is -1.53. The molecule has 1 atom stereocenters. The van der Waals surface area contributed by atoms with Crippen LogP contribution in [0.4, 0.5) is 5.69 Å². The van der Waals surface area contributed by atoms with Gasteiger partial charge in [0.25, 0.3) is 0 Å². The van der Waals surface area contributed by atoms with Crippen LogP contribution in [-0.4, -0.2) is 26.3 Å². The third-order valence-electron chi connectivity index (χ3n) is 2.94. The second-order valence-corrected chi connectivity index (χ2v) is 4.05. The Balaban J connectivity index is 2.18. The maximum Gasteiger partial charge on any atom is 0.0700 e. The molecule has 1 saturated heterocycles. The zero-order valence-electron chi connectivity index (χ0n) is 9.52. The van der Waals surface area contributed by atoms with Gasteiger partial charge in [-0.05, 0) is 24.6 Å². The highest BCUT2D eigenvalue weighted by Crippen LogP contribution is 2.22. The summed E-state index contributed by atoms with van der Waals surface area (Å²) in [6, 6.07) is 10.5. The molecule has 0 amide bonds. The molecule has 0 N–H and O–H groups in total. The molecule has 0 bridgehead atoms. The zero-order valence-corrected chi connectivity index (χ0v) is 9.52. The van der Waals surface area contributed by atoms with Gasteiger partial charge in [-0.25, -0.2) is 0 Å². The van der Waals surface area contributed by atoms with E-state index >= 15 is 0 Å². The number of morpholine rings is 1. The Labute approximate surface area is 96.2 Å². The fraction of sp³-hybridized carbons (Fsp3) is 0.462. The molecule has 0 aliphatic carbocycles. The molecule has 3 heteroatoms. The molecular weight excluding hydrogens is 200 g/mol.